The summed E-state index contributed by atoms with van der Waals surface area (Å²) in [6, 6.07) is 13.7. The van der Waals surface area contributed by atoms with Gasteiger partial charge in [-0.25, -0.2) is 14.2 Å². The molecule has 2 bridgehead atoms. The van der Waals surface area contributed by atoms with E-state index in [2.05, 4.69) is 10.3 Å². The number of aromatic nitrogens is 2. The highest BCUT2D eigenvalue weighted by atomic mass is 19.1. The zero-order valence-electron chi connectivity index (χ0n) is 18.8. The molecule has 0 spiro atoms. The summed E-state index contributed by atoms with van der Waals surface area (Å²) in [5.41, 5.74) is 3.15. The second-order valence-electron chi connectivity index (χ2n) is 9.09. The lowest BCUT2D eigenvalue weighted by atomic mass is 9.98. The van der Waals surface area contributed by atoms with Crippen molar-refractivity contribution in [3.63, 3.8) is 0 Å². The number of anilines is 1. The molecule has 4 aromatic rings. The number of aryl methyl sites for hydroxylation is 1. The van der Waals surface area contributed by atoms with Gasteiger partial charge in [0, 0.05) is 12.1 Å². The molecule has 34 heavy (non-hydrogen) atoms. The summed E-state index contributed by atoms with van der Waals surface area (Å²) in [4.78, 5) is 23.6. The van der Waals surface area contributed by atoms with Crippen LogP contribution in [0.25, 0.3) is 11.0 Å². The number of rotatable bonds is 5. The van der Waals surface area contributed by atoms with Crippen LogP contribution in [-0.2, 0) is 6.61 Å². The average molecular weight is 461 g/mol. The Labute approximate surface area is 195 Å². The number of hydrogen-bond acceptors (Lipinski definition) is 4. The SMILES string of the molecule is Cc1occc1NC(=O)N1[C@@H]2CC[C@@H](C2)[C@H]1c1nc2c(OCc3ccc(F)cc3)cccc2[nH]1. The maximum absolute atomic E-state index is 13.3. The number of nitrogens with one attached hydrogen (secondary N) is 2. The van der Waals surface area contributed by atoms with Gasteiger partial charge in [-0.2, -0.15) is 0 Å². The summed E-state index contributed by atoms with van der Waals surface area (Å²) in [6.45, 7) is 2.14. The molecule has 6 rings (SSSR count). The summed E-state index contributed by atoms with van der Waals surface area (Å²) < 4.78 is 24.6. The molecule has 1 aliphatic heterocycles. The van der Waals surface area contributed by atoms with Gasteiger partial charge in [-0.3, -0.25) is 0 Å². The highest BCUT2D eigenvalue weighted by molar-refractivity contribution is 5.91. The molecule has 1 saturated heterocycles. The van der Waals surface area contributed by atoms with Gasteiger partial charge in [0.25, 0.3) is 0 Å². The lowest BCUT2D eigenvalue weighted by Gasteiger charge is -2.34. The topological polar surface area (TPSA) is 83.4 Å². The number of hydrogen-bond donors (Lipinski definition) is 2. The van der Waals surface area contributed by atoms with Crippen LogP contribution in [0.15, 0.2) is 59.2 Å². The lowest BCUT2D eigenvalue weighted by molar-refractivity contribution is 0.154. The van der Waals surface area contributed by atoms with Gasteiger partial charge in [-0.05, 0) is 61.9 Å². The number of amides is 2. The first-order valence-electron chi connectivity index (χ1n) is 11.6. The molecule has 174 valence electrons. The molecule has 2 aromatic heterocycles. The van der Waals surface area contributed by atoms with Crippen LogP contribution in [0, 0.1) is 18.7 Å². The summed E-state index contributed by atoms with van der Waals surface area (Å²) in [5, 5.41) is 3.00. The Morgan fingerprint density at radius 2 is 2.09 bits per heavy atom. The normalized spacial score (nSPS) is 21.4. The van der Waals surface area contributed by atoms with Crippen LogP contribution in [-0.4, -0.2) is 26.9 Å². The van der Waals surface area contributed by atoms with Crippen LogP contribution in [0.5, 0.6) is 5.75 Å². The van der Waals surface area contributed by atoms with Gasteiger partial charge in [0.2, 0.25) is 0 Å². The molecule has 3 heterocycles. The number of fused-ring (bicyclic) bond motifs is 3. The number of para-hydroxylation sites is 1. The minimum absolute atomic E-state index is 0.122. The Morgan fingerprint density at radius 1 is 1.24 bits per heavy atom. The molecule has 7 nitrogen and oxygen atoms in total. The first kappa shape index (κ1) is 20.8. The molecule has 3 atom stereocenters. The molecule has 0 unspecified atom stereocenters. The van der Waals surface area contributed by atoms with Gasteiger partial charge in [-0.1, -0.05) is 18.2 Å². The van der Waals surface area contributed by atoms with Crippen molar-refractivity contribution in [2.45, 2.75) is 44.9 Å². The predicted molar refractivity (Wildman–Crippen MR) is 125 cm³/mol. The number of imidazole rings is 1. The minimum atomic E-state index is -0.273. The van der Waals surface area contributed by atoms with E-state index in [1.54, 1.807) is 24.5 Å². The van der Waals surface area contributed by atoms with Crippen molar-refractivity contribution in [1.82, 2.24) is 14.9 Å². The Hall–Kier alpha value is -3.81. The number of urea groups is 1. The van der Waals surface area contributed by atoms with Gasteiger partial charge in [0.15, 0.2) is 0 Å². The molecular formula is C26H25FN4O3. The minimum Gasteiger partial charge on any atom is -0.487 e. The van der Waals surface area contributed by atoms with Crippen LogP contribution in [0.1, 0.15) is 42.5 Å². The van der Waals surface area contributed by atoms with E-state index in [4.69, 9.17) is 14.1 Å². The third kappa shape index (κ3) is 3.59. The van der Waals surface area contributed by atoms with Gasteiger partial charge in [0.05, 0.1) is 23.5 Å². The lowest BCUT2D eigenvalue weighted by Crippen LogP contribution is -2.43. The number of nitrogens with zero attached hydrogens (tertiary/aromatic N) is 2. The van der Waals surface area contributed by atoms with E-state index in [1.165, 1.54) is 12.1 Å². The van der Waals surface area contributed by atoms with E-state index in [0.29, 0.717) is 29.7 Å². The maximum atomic E-state index is 13.3. The van der Waals surface area contributed by atoms with Crippen LogP contribution >= 0.6 is 0 Å². The quantitative estimate of drug-likeness (QED) is 0.386. The number of piperidine rings is 1. The van der Waals surface area contributed by atoms with E-state index in [1.807, 2.05) is 30.0 Å². The van der Waals surface area contributed by atoms with Crippen molar-refractivity contribution in [1.29, 1.82) is 0 Å². The fourth-order valence-corrected chi connectivity index (χ4v) is 5.35. The Balaban J connectivity index is 1.27. The number of likely N-dealkylation sites (tertiary alicyclic amines) is 1. The fraction of sp³-hybridized carbons (Fsp3) is 0.308. The van der Waals surface area contributed by atoms with Crippen molar-refractivity contribution in [2.24, 2.45) is 5.92 Å². The number of aromatic amines is 1. The van der Waals surface area contributed by atoms with Crippen LogP contribution in [0.3, 0.4) is 0 Å². The van der Waals surface area contributed by atoms with E-state index >= 15 is 0 Å². The molecule has 2 fully saturated rings. The second-order valence-corrected chi connectivity index (χ2v) is 9.09. The van der Waals surface area contributed by atoms with Gasteiger partial charge in [0.1, 0.15) is 35.3 Å². The summed E-state index contributed by atoms with van der Waals surface area (Å²) in [7, 11) is 0. The first-order valence-corrected chi connectivity index (χ1v) is 11.6. The first-order chi connectivity index (χ1) is 16.6. The average Bonchev–Trinajstić information content (AvgIpc) is 3.62. The van der Waals surface area contributed by atoms with Crippen molar-refractivity contribution in [3.05, 3.63) is 77.8 Å². The summed E-state index contributed by atoms with van der Waals surface area (Å²) in [6.07, 6.45) is 4.64. The number of halogens is 1. The molecule has 1 aliphatic carbocycles. The Morgan fingerprint density at radius 3 is 2.88 bits per heavy atom. The number of furan rings is 1. The predicted octanol–water partition coefficient (Wildman–Crippen LogP) is 5.94. The molecule has 2 amide bonds. The van der Waals surface area contributed by atoms with Crippen molar-refractivity contribution in [3.8, 4) is 5.75 Å². The highest BCUT2D eigenvalue weighted by Gasteiger charge is 2.50. The monoisotopic (exact) mass is 460 g/mol. The van der Waals surface area contributed by atoms with Crippen molar-refractivity contribution in [2.75, 3.05) is 5.32 Å². The van der Waals surface area contributed by atoms with Gasteiger partial charge >= 0.3 is 6.03 Å². The number of ether oxygens (including phenoxy) is 1. The van der Waals surface area contributed by atoms with Crippen LogP contribution in [0.4, 0.5) is 14.9 Å². The Bertz CT molecular complexity index is 1350. The zero-order chi connectivity index (χ0) is 23.2. The van der Waals surface area contributed by atoms with Crippen molar-refractivity contribution < 1.29 is 18.3 Å². The molecule has 2 aromatic carbocycles. The van der Waals surface area contributed by atoms with Gasteiger partial charge in [-0.15, -0.1) is 0 Å². The summed E-state index contributed by atoms with van der Waals surface area (Å²) in [5.74, 6) is 2.20. The fourth-order valence-electron chi connectivity index (χ4n) is 5.35. The van der Waals surface area contributed by atoms with E-state index in [-0.39, 0.29) is 23.9 Å². The smallest absolute Gasteiger partial charge is 0.322 e. The Kier molecular flexibility index (Phi) is 5.01. The number of carbonyl (C=O) groups is 1. The molecular weight excluding hydrogens is 435 g/mol. The third-order valence-corrected chi connectivity index (χ3v) is 7.00. The molecule has 2 N–H and O–H groups in total. The molecule has 2 aliphatic rings. The number of benzene rings is 2. The summed E-state index contributed by atoms with van der Waals surface area (Å²) >= 11 is 0. The zero-order valence-corrected chi connectivity index (χ0v) is 18.8. The van der Waals surface area contributed by atoms with E-state index in [0.717, 1.165) is 41.7 Å². The van der Waals surface area contributed by atoms with Crippen LogP contribution < -0.4 is 10.1 Å². The second kappa shape index (κ2) is 8.20. The van der Waals surface area contributed by atoms with Crippen molar-refractivity contribution >= 4 is 22.8 Å². The standard InChI is InChI=1S/C26H25FN4O3/c1-15-20(11-12-33-15)29-26(32)31-19-10-7-17(13-19)24(31)25-28-21-3-2-4-22(23(21)30-25)34-14-16-5-8-18(27)9-6-16/h2-6,8-9,11-12,17,19,24H,7,10,13-14H2,1H3,(H,28,30)(H,29,32)/t17-,19+,24-/m0/s1. The number of H-pyrrole nitrogens is 1. The highest BCUT2D eigenvalue weighted by Crippen LogP contribution is 2.50. The molecule has 8 heteroatoms. The van der Waals surface area contributed by atoms with Crippen LogP contribution in [0.2, 0.25) is 0 Å². The van der Waals surface area contributed by atoms with Gasteiger partial charge < -0.3 is 24.4 Å². The molecule has 0 radical (unpaired) electrons. The van der Waals surface area contributed by atoms with E-state index < -0.39 is 0 Å². The third-order valence-electron chi connectivity index (χ3n) is 7.00. The van der Waals surface area contributed by atoms with E-state index in [9.17, 15) is 9.18 Å². The number of carbonyl (C=O) groups excluding carboxylic acids is 1. The molecule has 1 saturated carbocycles. The maximum Gasteiger partial charge on any atom is 0.322 e. The largest absolute Gasteiger partial charge is 0.487 e.